The van der Waals surface area contributed by atoms with Crippen LogP contribution in [-0.2, 0) is 11.3 Å². The zero-order valence-corrected chi connectivity index (χ0v) is 14.6. The second-order valence-corrected chi connectivity index (χ2v) is 7.58. The van der Waals surface area contributed by atoms with Crippen LogP contribution in [0, 0.1) is 0 Å². The summed E-state index contributed by atoms with van der Waals surface area (Å²) in [4.78, 5) is 18.6. The lowest BCUT2D eigenvalue weighted by molar-refractivity contribution is 0.0214. The van der Waals surface area contributed by atoms with Gasteiger partial charge in [0.25, 0.3) is 0 Å². The highest BCUT2D eigenvalue weighted by atomic mass is 79.9. The smallest absolute Gasteiger partial charge is 0.410 e. The summed E-state index contributed by atoms with van der Waals surface area (Å²) < 4.78 is 8.52. The average Bonchev–Trinajstić information content (AvgIpc) is 3.16. The van der Waals surface area contributed by atoms with Gasteiger partial charge in [-0.15, -0.1) is 0 Å². The Morgan fingerprint density at radius 3 is 2.82 bits per heavy atom. The Bertz CT molecular complexity index is 701. The lowest BCUT2D eigenvalue weighted by atomic mass is 10.2. The number of amides is 1. The van der Waals surface area contributed by atoms with Crippen LogP contribution in [-0.4, -0.2) is 32.0 Å². The van der Waals surface area contributed by atoms with E-state index in [0.29, 0.717) is 6.54 Å². The molecule has 1 fully saturated rings. The number of ether oxygens (including phenoxy) is 1. The van der Waals surface area contributed by atoms with Crippen molar-refractivity contribution in [3.8, 4) is 0 Å². The molecule has 1 saturated carbocycles. The Morgan fingerprint density at radius 2 is 2.18 bits per heavy atom. The summed E-state index contributed by atoms with van der Waals surface area (Å²) in [6, 6.07) is 4.19. The molecule has 0 atom stereocenters. The van der Waals surface area contributed by atoms with Crippen molar-refractivity contribution in [1.29, 1.82) is 0 Å². The lowest BCUT2D eigenvalue weighted by Crippen LogP contribution is -2.38. The Kier molecular flexibility index (Phi) is 3.89. The largest absolute Gasteiger partial charge is 0.444 e. The summed E-state index contributed by atoms with van der Waals surface area (Å²) in [6.07, 6.45) is 5.62. The van der Waals surface area contributed by atoms with Gasteiger partial charge in [-0.25, -0.2) is 9.78 Å². The van der Waals surface area contributed by atoms with Crippen LogP contribution in [0.5, 0.6) is 0 Å². The molecule has 22 heavy (non-hydrogen) atoms. The maximum Gasteiger partial charge on any atom is 0.410 e. The normalized spacial score (nSPS) is 15.1. The quantitative estimate of drug-likeness (QED) is 0.825. The fourth-order valence-corrected chi connectivity index (χ4v) is 2.68. The van der Waals surface area contributed by atoms with E-state index in [4.69, 9.17) is 4.74 Å². The molecule has 0 unspecified atom stereocenters. The highest BCUT2D eigenvalue weighted by Gasteiger charge is 2.35. The number of hydrogen-bond acceptors (Lipinski definition) is 3. The van der Waals surface area contributed by atoms with Gasteiger partial charge in [0.15, 0.2) is 0 Å². The van der Waals surface area contributed by atoms with Crippen LogP contribution in [0.15, 0.2) is 29.0 Å². The minimum absolute atomic E-state index is 0.250. The average molecular weight is 366 g/mol. The van der Waals surface area contributed by atoms with Gasteiger partial charge < -0.3 is 9.14 Å². The van der Waals surface area contributed by atoms with Crippen molar-refractivity contribution in [3.63, 3.8) is 0 Å². The minimum atomic E-state index is -0.479. The van der Waals surface area contributed by atoms with Gasteiger partial charge in [-0.1, -0.05) is 0 Å². The van der Waals surface area contributed by atoms with Gasteiger partial charge in [0.05, 0.1) is 18.4 Å². The van der Waals surface area contributed by atoms with Gasteiger partial charge in [-0.05, 0) is 61.7 Å². The second-order valence-electron chi connectivity index (χ2n) is 6.66. The molecule has 3 rings (SSSR count). The summed E-state index contributed by atoms with van der Waals surface area (Å²) >= 11 is 3.47. The molecular weight excluding hydrogens is 346 g/mol. The van der Waals surface area contributed by atoms with Crippen LogP contribution in [0.2, 0.25) is 0 Å². The molecule has 1 aliphatic carbocycles. The third-order valence-electron chi connectivity index (χ3n) is 3.49. The van der Waals surface area contributed by atoms with Crippen molar-refractivity contribution in [2.45, 2.75) is 51.8 Å². The van der Waals surface area contributed by atoms with Crippen LogP contribution >= 0.6 is 15.9 Å². The molecule has 0 spiro atoms. The molecule has 0 bridgehead atoms. The molecule has 5 nitrogen and oxygen atoms in total. The maximum atomic E-state index is 12.4. The third kappa shape index (κ3) is 3.43. The zero-order valence-electron chi connectivity index (χ0n) is 13.0. The molecule has 0 aliphatic heterocycles. The molecule has 2 aromatic rings. The monoisotopic (exact) mass is 365 g/mol. The van der Waals surface area contributed by atoms with Gasteiger partial charge in [0, 0.05) is 16.7 Å². The number of imidazole rings is 1. The van der Waals surface area contributed by atoms with Crippen LogP contribution in [0.4, 0.5) is 4.79 Å². The van der Waals surface area contributed by atoms with Gasteiger partial charge in [0.1, 0.15) is 11.2 Å². The first-order chi connectivity index (χ1) is 10.3. The number of rotatable bonds is 3. The van der Waals surface area contributed by atoms with Crippen molar-refractivity contribution in [3.05, 3.63) is 34.7 Å². The second kappa shape index (κ2) is 5.57. The van der Waals surface area contributed by atoms with Gasteiger partial charge in [-0.3, -0.25) is 4.90 Å². The summed E-state index contributed by atoms with van der Waals surface area (Å²) in [5.41, 5.74) is 1.37. The summed E-state index contributed by atoms with van der Waals surface area (Å²) in [7, 11) is 0. The molecule has 0 aromatic carbocycles. The van der Waals surface area contributed by atoms with E-state index >= 15 is 0 Å². The van der Waals surface area contributed by atoms with E-state index in [1.165, 1.54) is 0 Å². The van der Waals surface area contributed by atoms with E-state index in [-0.39, 0.29) is 12.1 Å². The predicted molar refractivity (Wildman–Crippen MR) is 87.7 cm³/mol. The van der Waals surface area contributed by atoms with E-state index < -0.39 is 5.60 Å². The zero-order chi connectivity index (χ0) is 15.9. The number of pyridine rings is 1. The first-order valence-electron chi connectivity index (χ1n) is 7.44. The highest BCUT2D eigenvalue weighted by molar-refractivity contribution is 9.10. The standard InChI is InChI=1S/C16H20BrN3O2/c1-16(2,3)22-15(21)20(12-5-6-12)10-13-8-18-14-7-4-11(17)9-19(13)14/h4,7-9,12H,5-6,10H2,1-3H3. The summed E-state index contributed by atoms with van der Waals surface area (Å²) in [5.74, 6) is 0. The van der Waals surface area contributed by atoms with Crippen LogP contribution in [0.1, 0.15) is 39.3 Å². The molecule has 6 heteroatoms. The molecule has 2 heterocycles. The molecule has 2 aromatic heterocycles. The van der Waals surface area contributed by atoms with Gasteiger partial charge in [0.2, 0.25) is 0 Å². The molecular formula is C16H20BrN3O2. The Morgan fingerprint density at radius 1 is 1.45 bits per heavy atom. The molecule has 0 saturated heterocycles. The van der Waals surface area contributed by atoms with Crippen molar-refractivity contribution in [2.75, 3.05) is 0 Å². The number of hydrogen-bond donors (Lipinski definition) is 0. The van der Waals surface area contributed by atoms with E-state index in [1.807, 2.05) is 54.6 Å². The minimum Gasteiger partial charge on any atom is -0.444 e. The van der Waals surface area contributed by atoms with Crippen LogP contribution in [0.3, 0.4) is 0 Å². The third-order valence-corrected chi connectivity index (χ3v) is 3.96. The maximum absolute atomic E-state index is 12.4. The van der Waals surface area contributed by atoms with Crippen molar-refractivity contribution >= 4 is 27.7 Å². The Balaban J connectivity index is 1.84. The van der Waals surface area contributed by atoms with Gasteiger partial charge in [-0.2, -0.15) is 0 Å². The van der Waals surface area contributed by atoms with E-state index in [9.17, 15) is 4.79 Å². The van der Waals surface area contributed by atoms with Crippen LogP contribution in [0.25, 0.3) is 5.65 Å². The Hall–Kier alpha value is -1.56. The Labute approximate surface area is 138 Å². The van der Waals surface area contributed by atoms with E-state index in [1.54, 1.807) is 0 Å². The predicted octanol–water partition coefficient (Wildman–Crippen LogP) is 4.00. The van der Waals surface area contributed by atoms with Gasteiger partial charge >= 0.3 is 6.09 Å². The van der Waals surface area contributed by atoms with Crippen LogP contribution < -0.4 is 0 Å². The van der Waals surface area contributed by atoms with E-state index in [0.717, 1.165) is 28.7 Å². The number of nitrogens with zero attached hydrogens (tertiary/aromatic N) is 3. The van der Waals surface area contributed by atoms with Crippen molar-refractivity contribution in [2.24, 2.45) is 0 Å². The lowest BCUT2D eigenvalue weighted by Gasteiger charge is -2.27. The number of halogens is 1. The molecule has 1 aliphatic rings. The SMILES string of the molecule is CC(C)(C)OC(=O)N(Cc1cnc2ccc(Br)cn12)C1CC1. The first-order valence-corrected chi connectivity index (χ1v) is 8.24. The number of fused-ring (bicyclic) bond motifs is 1. The first kappa shape index (κ1) is 15.3. The fraction of sp³-hybridized carbons (Fsp3) is 0.500. The topological polar surface area (TPSA) is 46.8 Å². The molecule has 1 amide bonds. The van der Waals surface area contributed by atoms with E-state index in [2.05, 4.69) is 20.9 Å². The summed E-state index contributed by atoms with van der Waals surface area (Å²) in [6.45, 7) is 6.18. The number of carbonyl (C=O) groups excluding carboxylic acids is 1. The highest BCUT2D eigenvalue weighted by Crippen LogP contribution is 2.30. The molecule has 118 valence electrons. The van der Waals surface area contributed by atoms with Crippen molar-refractivity contribution < 1.29 is 9.53 Å². The van der Waals surface area contributed by atoms with Crippen molar-refractivity contribution in [1.82, 2.24) is 14.3 Å². The number of carbonyl (C=O) groups is 1. The number of aromatic nitrogens is 2. The molecule has 0 N–H and O–H groups in total. The molecule has 0 radical (unpaired) electrons. The fourth-order valence-electron chi connectivity index (χ4n) is 2.35. The summed E-state index contributed by atoms with van der Waals surface area (Å²) in [5, 5.41) is 0.